The molecule has 0 radical (unpaired) electrons. The van der Waals surface area contributed by atoms with E-state index in [1.54, 1.807) is 25.3 Å². The van der Waals surface area contributed by atoms with Crippen molar-refractivity contribution in [2.45, 2.75) is 25.2 Å². The third-order valence-electron chi connectivity index (χ3n) is 6.82. The summed E-state index contributed by atoms with van der Waals surface area (Å²) in [5, 5.41) is 2.92. The third kappa shape index (κ3) is 4.54. The van der Waals surface area contributed by atoms with Crippen molar-refractivity contribution in [1.82, 2.24) is 5.32 Å². The molecule has 1 fully saturated rings. The third-order valence-corrected chi connectivity index (χ3v) is 6.82. The molecule has 3 heterocycles. The van der Waals surface area contributed by atoms with Crippen molar-refractivity contribution in [3.05, 3.63) is 77.7 Å². The highest BCUT2D eigenvalue weighted by molar-refractivity contribution is 5.82. The Morgan fingerprint density at radius 2 is 1.94 bits per heavy atom. The number of para-hydroxylation sites is 2. The molecule has 3 aromatic rings. The van der Waals surface area contributed by atoms with Crippen LogP contribution in [0.3, 0.4) is 0 Å². The molecule has 6 nitrogen and oxygen atoms in total. The highest BCUT2D eigenvalue weighted by atomic mass is 19.4. The maximum absolute atomic E-state index is 13.4. The zero-order valence-electron chi connectivity index (χ0n) is 19.2. The largest absolute Gasteiger partial charge is 0.495 e. The number of ether oxygens (including phenoxy) is 1. The number of piperazine rings is 1. The van der Waals surface area contributed by atoms with Crippen LogP contribution in [0.15, 0.2) is 65.3 Å². The van der Waals surface area contributed by atoms with Gasteiger partial charge in [-0.25, -0.2) is 0 Å². The fourth-order valence-corrected chi connectivity index (χ4v) is 5.13. The Morgan fingerprint density at radius 3 is 2.69 bits per heavy atom. The second-order valence-corrected chi connectivity index (χ2v) is 8.83. The summed E-state index contributed by atoms with van der Waals surface area (Å²) in [4.78, 5) is 17.6. The summed E-state index contributed by atoms with van der Waals surface area (Å²) in [6.45, 7) is 1.99. The fraction of sp³-hybridized carbons (Fsp3) is 0.346. The first-order chi connectivity index (χ1) is 16.8. The highest BCUT2D eigenvalue weighted by Gasteiger charge is 2.43. The first-order valence-corrected chi connectivity index (χ1v) is 11.5. The summed E-state index contributed by atoms with van der Waals surface area (Å²) >= 11 is 0. The Morgan fingerprint density at radius 1 is 1.11 bits per heavy atom. The van der Waals surface area contributed by atoms with E-state index in [2.05, 4.69) is 15.1 Å². The maximum atomic E-state index is 13.4. The molecule has 1 amide bonds. The molecule has 0 saturated carbocycles. The Hall–Kier alpha value is -3.62. The molecule has 9 heteroatoms. The van der Waals surface area contributed by atoms with Gasteiger partial charge in [-0.1, -0.05) is 12.1 Å². The van der Waals surface area contributed by atoms with Crippen LogP contribution in [-0.2, 0) is 23.9 Å². The summed E-state index contributed by atoms with van der Waals surface area (Å²) in [7, 11) is 1.62. The molecule has 0 bridgehead atoms. The monoisotopic (exact) mass is 485 g/mol. The van der Waals surface area contributed by atoms with Gasteiger partial charge in [-0.2, -0.15) is 13.2 Å². The summed E-state index contributed by atoms with van der Waals surface area (Å²) < 4.78 is 51.1. The van der Waals surface area contributed by atoms with Gasteiger partial charge in [0.15, 0.2) is 0 Å². The van der Waals surface area contributed by atoms with Crippen LogP contribution in [0.4, 0.5) is 24.5 Å². The Kier molecular flexibility index (Phi) is 6.08. The molecule has 0 unspecified atom stereocenters. The van der Waals surface area contributed by atoms with Crippen molar-refractivity contribution in [2.24, 2.45) is 5.92 Å². The number of halogens is 3. The second-order valence-electron chi connectivity index (χ2n) is 8.83. The van der Waals surface area contributed by atoms with E-state index in [1.165, 1.54) is 12.3 Å². The number of benzene rings is 2. The molecule has 1 aromatic heterocycles. The Balaban J connectivity index is 1.46. The van der Waals surface area contributed by atoms with E-state index in [0.29, 0.717) is 31.0 Å². The number of hydrogen-bond acceptors (Lipinski definition) is 5. The van der Waals surface area contributed by atoms with Gasteiger partial charge in [0.1, 0.15) is 11.5 Å². The van der Waals surface area contributed by atoms with Crippen molar-refractivity contribution >= 4 is 17.3 Å². The fourth-order valence-electron chi connectivity index (χ4n) is 5.13. The molecule has 1 N–H and O–H groups in total. The minimum Gasteiger partial charge on any atom is -0.495 e. The van der Waals surface area contributed by atoms with Gasteiger partial charge >= 0.3 is 6.18 Å². The minimum absolute atomic E-state index is 0.207. The van der Waals surface area contributed by atoms with E-state index < -0.39 is 17.7 Å². The molecule has 184 valence electrons. The first-order valence-electron chi connectivity index (χ1n) is 11.5. The number of hydrogen-bond donors (Lipinski definition) is 1. The lowest BCUT2D eigenvalue weighted by Crippen LogP contribution is -2.61. The lowest BCUT2D eigenvalue weighted by Gasteiger charge is -2.49. The second kappa shape index (κ2) is 9.20. The number of nitrogens with zero attached hydrogens (tertiary/aromatic N) is 2. The molecule has 0 aliphatic carbocycles. The standard InChI is InChI=1S/C26H26F3N3O3/c1-34-24-7-3-2-6-22(24)31-10-11-32-21-9-8-18(26(27,28)29)13-17(21)14-20(23(32)16-31)25(33)30-15-19-5-4-12-35-19/h2-9,12-13,20,23H,10-11,14-16H2,1H3,(H,30,33)/t20-,23-/m1/s1. The number of nitrogens with one attached hydrogen (secondary N) is 1. The Labute approximate surface area is 201 Å². The van der Waals surface area contributed by atoms with Gasteiger partial charge in [-0.15, -0.1) is 0 Å². The van der Waals surface area contributed by atoms with Crippen LogP contribution in [0.5, 0.6) is 5.75 Å². The lowest BCUT2D eigenvalue weighted by atomic mass is 9.82. The molecule has 2 atom stereocenters. The van der Waals surface area contributed by atoms with Gasteiger partial charge in [0.05, 0.1) is 43.1 Å². The molecule has 5 rings (SSSR count). The van der Waals surface area contributed by atoms with E-state index in [-0.39, 0.29) is 24.9 Å². The lowest BCUT2D eigenvalue weighted by molar-refractivity contribution is -0.137. The number of carbonyl (C=O) groups excluding carboxylic acids is 1. The number of methoxy groups -OCH3 is 1. The summed E-state index contributed by atoms with van der Waals surface area (Å²) in [5.41, 5.74) is 1.54. The maximum Gasteiger partial charge on any atom is 0.416 e. The predicted octanol–water partition coefficient (Wildman–Crippen LogP) is 4.49. The highest BCUT2D eigenvalue weighted by Crippen LogP contribution is 2.41. The topological polar surface area (TPSA) is 58.0 Å². The van der Waals surface area contributed by atoms with E-state index >= 15 is 0 Å². The Bertz CT molecular complexity index is 1200. The van der Waals surface area contributed by atoms with Gasteiger partial charge in [-0.05, 0) is 54.4 Å². The van der Waals surface area contributed by atoms with Crippen molar-refractivity contribution in [3.8, 4) is 5.75 Å². The van der Waals surface area contributed by atoms with E-state index in [0.717, 1.165) is 23.2 Å². The number of amides is 1. The van der Waals surface area contributed by atoms with E-state index in [9.17, 15) is 18.0 Å². The predicted molar refractivity (Wildman–Crippen MR) is 126 cm³/mol. The summed E-state index contributed by atoms with van der Waals surface area (Å²) in [5.74, 6) is 0.621. The number of furan rings is 1. The molecule has 2 aliphatic heterocycles. The average molecular weight is 486 g/mol. The van der Waals surface area contributed by atoms with Crippen LogP contribution in [0.2, 0.25) is 0 Å². The van der Waals surface area contributed by atoms with Crippen molar-refractivity contribution in [2.75, 3.05) is 36.5 Å². The zero-order chi connectivity index (χ0) is 24.6. The normalized spacial score (nSPS) is 19.7. The molecule has 2 aromatic carbocycles. The van der Waals surface area contributed by atoms with Crippen molar-refractivity contribution in [1.29, 1.82) is 0 Å². The van der Waals surface area contributed by atoms with Gasteiger partial charge in [0.25, 0.3) is 0 Å². The van der Waals surface area contributed by atoms with Gasteiger partial charge < -0.3 is 24.3 Å². The molecule has 1 saturated heterocycles. The number of alkyl halides is 3. The quantitative estimate of drug-likeness (QED) is 0.577. The summed E-state index contributed by atoms with van der Waals surface area (Å²) in [6.07, 6.45) is -2.68. The van der Waals surface area contributed by atoms with E-state index in [4.69, 9.17) is 9.15 Å². The van der Waals surface area contributed by atoms with Crippen LogP contribution < -0.4 is 19.9 Å². The van der Waals surface area contributed by atoms with Crippen LogP contribution in [0, 0.1) is 5.92 Å². The van der Waals surface area contributed by atoms with Crippen LogP contribution in [0.25, 0.3) is 0 Å². The molecule has 0 spiro atoms. The van der Waals surface area contributed by atoms with Crippen LogP contribution >= 0.6 is 0 Å². The summed E-state index contributed by atoms with van der Waals surface area (Å²) in [6, 6.07) is 14.9. The van der Waals surface area contributed by atoms with Gasteiger partial charge in [-0.3, -0.25) is 4.79 Å². The van der Waals surface area contributed by atoms with Crippen LogP contribution in [0.1, 0.15) is 16.9 Å². The molecular formula is C26H26F3N3O3. The number of anilines is 2. The van der Waals surface area contributed by atoms with Gasteiger partial charge in [0, 0.05) is 25.3 Å². The number of rotatable bonds is 5. The van der Waals surface area contributed by atoms with E-state index in [1.807, 2.05) is 24.3 Å². The number of fused-ring (bicyclic) bond motifs is 3. The van der Waals surface area contributed by atoms with Crippen molar-refractivity contribution in [3.63, 3.8) is 0 Å². The van der Waals surface area contributed by atoms with Crippen LogP contribution in [-0.4, -0.2) is 38.7 Å². The number of carbonyl (C=O) groups is 1. The minimum atomic E-state index is -4.44. The average Bonchev–Trinajstić information content (AvgIpc) is 3.39. The SMILES string of the molecule is COc1ccccc1N1CCN2c3ccc(C(F)(F)F)cc3C[C@@H](C(=O)NCc3ccco3)[C@H]2C1. The zero-order valence-corrected chi connectivity index (χ0v) is 19.2. The molecule has 2 aliphatic rings. The molecular weight excluding hydrogens is 459 g/mol. The molecule has 35 heavy (non-hydrogen) atoms. The smallest absolute Gasteiger partial charge is 0.416 e. The first kappa shape index (κ1) is 23.1. The van der Waals surface area contributed by atoms with Gasteiger partial charge in [0.2, 0.25) is 5.91 Å². The van der Waals surface area contributed by atoms with Crippen molar-refractivity contribution < 1.29 is 27.1 Å².